The van der Waals surface area contributed by atoms with Crippen LogP contribution in [0.25, 0.3) is 0 Å². The van der Waals surface area contributed by atoms with E-state index in [1.54, 1.807) is 10.6 Å². The fourth-order valence-corrected chi connectivity index (χ4v) is 15.0. The molecule has 0 spiro atoms. The lowest BCUT2D eigenvalue weighted by molar-refractivity contribution is 0.765. The van der Waals surface area contributed by atoms with E-state index in [0.717, 1.165) is 0 Å². The van der Waals surface area contributed by atoms with Crippen LogP contribution in [0.3, 0.4) is 0 Å². The third-order valence-electron chi connectivity index (χ3n) is 8.95. The zero-order valence-electron chi connectivity index (χ0n) is 22.9. The lowest BCUT2D eigenvalue weighted by Crippen LogP contribution is -2.25. The summed E-state index contributed by atoms with van der Waals surface area (Å²) in [6, 6.07) is 55.4. The Bertz CT molecular complexity index is 1300. The van der Waals surface area contributed by atoms with Crippen molar-refractivity contribution in [2.24, 2.45) is 0 Å². The third-order valence-corrected chi connectivity index (χ3v) is 15.9. The normalized spacial score (nSPS) is 26.1. The van der Waals surface area contributed by atoms with Gasteiger partial charge in [-0.3, -0.25) is 0 Å². The Kier molecular flexibility index (Phi) is 7.66. The molecular formula is C38H36P2. The summed E-state index contributed by atoms with van der Waals surface area (Å²) in [6.45, 7) is 0. The van der Waals surface area contributed by atoms with Crippen LogP contribution in [0.15, 0.2) is 146 Å². The summed E-state index contributed by atoms with van der Waals surface area (Å²) in [4.78, 5) is 0. The highest BCUT2D eigenvalue weighted by Crippen LogP contribution is 2.73. The molecule has 2 fully saturated rings. The van der Waals surface area contributed by atoms with Crippen LogP contribution in [-0.4, -0.2) is 0 Å². The van der Waals surface area contributed by atoms with Gasteiger partial charge in [0, 0.05) is 22.6 Å². The molecule has 2 aliphatic rings. The van der Waals surface area contributed by atoms with E-state index in [4.69, 9.17) is 0 Å². The van der Waals surface area contributed by atoms with Gasteiger partial charge in [0.15, 0.2) is 0 Å². The molecule has 5 aromatic rings. The molecule has 0 bridgehead atoms. The fourth-order valence-electron chi connectivity index (χ4n) is 7.20. The second-order valence-electron chi connectivity index (χ2n) is 11.2. The van der Waals surface area contributed by atoms with Gasteiger partial charge in [-0.1, -0.05) is 161 Å². The smallest absolute Gasteiger partial charge is 0.00880 e. The molecule has 0 nitrogen and oxygen atoms in total. The van der Waals surface area contributed by atoms with Crippen molar-refractivity contribution in [1.82, 2.24) is 0 Å². The maximum absolute atomic E-state index is 2.53. The van der Waals surface area contributed by atoms with Crippen molar-refractivity contribution < 1.29 is 0 Å². The summed E-state index contributed by atoms with van der Waals surface area (Å²) in [5.41, 5.74) is 8.52. The van der Waals surface area contributed by atoms with Crippen LogP contribution >= 0.6 is 15.8 Å². The largest absolute Gasteiger partial charge is 0.0622 e. The lowest BCUT2D eigenvalue weighted by Gasteiger charge is -2.34. The van der Waals surface area contributed by atoms with Crippen molar-refractivity contribution >= 4 is 26.5 Å². The molecule has 0 amide bonds. The first-order valence-corrected chi connectivity index (χ1v) is 17.7. The summed E-state index contributed by atoms with van der Waals surface area (Å²) in [7, 11) is -0.833. The molecule has 2 heterocycles. The average molecular weight is 555 g/mol. The van der Waals surface area contributed by atoms with Gasteiger partial charge in [-0.25, -0.2) is 0 Å². The van der Waals surface area contributed by atoms with E-state index in [-0.39, 0.29) is 0 Å². The molecule has 4 atom stereocenters. The van der Waals surface area contributed by atoms with E-state index < -0.39 is 15.8 Å². The first-order chi connectivity index (χ1) is 19.9. The van der Waals surface area contributed by atoms with Crippen LogP contribution in [0.4, 0.5) is 0 Å². The number of hydrogen-bond acceptors (Lipinski definition) is 0. The molecule has 5 aromatic carbocycles. The van der Waals surface area contributed by atoms with Crippen LogP contribution in [0.5, 0.6) is 0 Å². The van der Waals surface area contributed by atoms with Gasteiger partial charge in [-0.05, 0) is 58.5 Å². The van der Waals surface area contributed by atoms with E-state index in [9.17, 15) is 0 Å². The third kappa shape index (κ3) is 4.98. The minimum Gasteiger partial charge on any atom is -0.0622 e. The summed E-state index contributed by atoms with van der Waals surface area (Å²) in [6.07, 6.45) is 5.08. The Morgan fingerprint density at radius 3 is 0.775 bits per heavy atom. The van der Waals surface area contributed by atoms with Gasteiger partial charge in [0.05, 0.1) is 0 Å². The Hall–Kier alpha value is -3.04. The molecule has 2 heteroatoms. The van der Waals surface area contributed by atoms with Crippen LogP contribution < -0.4 is 10.6 Å². The zero-order chi connectivity index (χ0) is 26.7. The first-order valence-electron chi connectivity index (χ1n) is 14.7. The molecule has 198 valence electrons. The molecule has 4 unspecified atom stereocenters. The summed E-state index contributed by atoms with van der Waals surface area (Å²) >= 11 is 0. The van der Waals surface area contributed by atoms with E-state index in [1.807, 2.05) is 0 Å². The second-order valence-corrected chi connectivity index (χ2v) is 16.2. The monoisotopic (exact) mass is 554 g/mol. The van der Waals surface area contributed by atoms with Crippen LogP contribution in [0, 0.1) is 0 Å². The van der Waals surface area contributed by atoms with E-state index in [2.05, 4.69) is 146 Å². The number of hydrogen-bond donors (Lipinski definition) is 0. The topological polar surface area (TPSA) is 0 Å². The van der Waals surface area contributed by atoms with Gasteiger partial charge in [0.2, 0.25) is 0 Å². The van der Waals surface area contributed by atoms with Crippen LogP contribution in [-0.2, 0) is 0 Å². The molecular weight excluding hydrogens is 518 g/mol. The Morgan fingerprint density at radius 2 is 0.525 bits per heavy atom. The van der Waals surface area contributed by atoms with Crippen LogP contribution in [0.1, 0.15) is 70.6 Å². The van der Waals surface area contributed by atoms with Crippen molar-refractivity contribution in [2.45, 2.75) is 48.3 Å². The highest BCUT2D eigenvalue weighted by molar-refractivity contribution is 7.73. The number of benzene rings is 5. The Labute approximate surface area is 242 Å². The number of rotatable bonds is 6. The maximum Gasteiger partial charge on any atom is 0.00880 e. The minimum atomic E-state index is -0.416. The lowest BCUT2D eigenvalue weighted by atomic mass is 10.0. The van der Waals surface area contributed by atoms with E-state index >= 15 is 0 Å². The van der Waals surface area contributed by atoms with Gasteiger partial charge in [-0.2, -0.15) is 0 Å². The van der Waals surface area contributed by atoms with Gasteiger partial charge in [-0.15, -0.1) is 0 Å². The predicted octanol–water partition coefficient (Wildman–Crippen LogP) is 10.5. The Balaban J connectivity index is 1.39. The fraction of sp³-hybridized carbons (Fsp3) is 0.211. The van der Waals surface area contributed by atoms with Crippen molar-refractivity contribution in [3.05, 3.63) is 168 Å². The minimum absolute atomic E-state index is 0.416. The van der Waals surface area contributed by atoms with E-state index in [1.165, 1.54) is 47.9 Å². The highest BCUT2D eigenvalue weighted by atomic mass is 31.1. The highest BCUT2D eigenvalue weighted by Gasteiger charge is 2.44. The van der Waals surface area contributed by atoms with Crippen molar-refractivity contribution in [3.63, 3.8) is 0 Å². The molecule has 2 saturated heterocycles. The maximum atomic E-state index is 2.53. The molecule has 0 N–H and O–H groups in total. The van der Waals surface area contributed by atoms with Gasteiger partial charge < -0.3 is 0 Å². The van der Waals surface area contributed by atoms with Crippen molar-refractivity contribution in [3.8, 4) is 0 Å². The Morgan fingerprint density at radius 1 is 0.300 bits per heavy atom. The summed E-state index contributed by atoms with van der Waals surface area (Å²) in [5.74, 6) is 0. The van der Waals surface area contributed by atoms with E-state index in [0.29, 0.717) is 22.6 Å². The predicted molar refractivity (Wildman–Crippen MR) is 175 cm³/mol. The summed E-state index contributed by atoms with van der Waals surface area (Å²) < 4.78 is 0. The summed E-state index contributed by atoms with van der Waals surface area (Å²) in [5, 5.41) is 3.35. The quantitative estimate of drug-likeness (QED) is 0.183. The second kappa shape index (κ2) is 11.8. The van der Waals surface area contributed by atoms with Gasteiger partial charge in [0.1, 0.15) is 0 Å². The first kappa shape index (κ1) is 25.9. The average Bonchev–Trinajstić information content (AvgIpc) is 3.68. The molecule has 2 aliphatic heterocycles. The van der Waals surface area contributed by atoms with Crippen LogP contribution in [0.2, 0.25) is 0 Å². The molecule has 0 radical (unpaired) electrons. The SMILES string of the molecule is c1ccc(C2CCC(c3ccccc3)P2c2ccccc2P2C(c3ccccc3)CCC2c2ccccc2)cc1. The molecule has 40 heavy (non-hydrogen) atoms. The standard InChI is InChI=1S/C38H36P2/c1-5-15-29(16-6-1)33-25-26-34(30-17-7-2-8-18-30)39(33)37-23-13-14-24-38(37)40-35(31-19-9-3-10-20-31)27-28-36(40)32-21-11-4-12-22-32/h1-24,33-36H,25-28H2. The van der Waals surface area contributed by atoms with Gasteiger partial charge >= 0.3 is 0 Å². The van der Waals surface area contributed by atoms with Gasteiger partial charge in [0.25, 0.3) is 0 Å². The molecule has 0 saturated carbocycles. The zero-order valence-corrected chi connectivity index (χ0v) is 24.7. The van der Waals surface area contributed by atoms with Crippen molar-refractivity contribution in [2.75, 3.05) is 0 Å². The molecule has 0 aliphatic carbocycles. The molecule has 7 rings (SSSR count). The van der Waals surface area contributed by atoms with Crippen molar-refractivity contribution in [1.29, 1.82) is 0 Å². The molecule has 0 aromatic heterocycles.